The molecule has 39 heavy (non-hydrogen) atoms. The summed E-state index contributed by atoms with van der Waals surface area (Å²) >= 11 is 6.28. The fraction of sp³-hybridized carbons (Fsp3) is 0.212. The number of nitrogens with one attached hydrogen (secondary N) is 1. The van der Waals surface area contributed by atoms with Gasteiger partial charge in [0.25, 0.3) is 0 Å². The van der Waals surface area contributed by atoms with Gasteiger partial charge in [-0.15, -0.1) is 0 Å². The molecule has 4 aromatic carbocycles. The Bertz CT molecular complexity index is 1610. The maximum absolute atomic E-state index is 13.3. The zero-order chi connectivity index (χ0) is 26.9. The van der Waals surface area contributed by atoms with Crippen molar-refractivity contribution in [1.29, 1.82) is 0 Å². The molecule has 0 radical (unpaired) electrons. The molecular formula is C33H30ClN3O2. The van der Waals surface area contributed by atoms with Crippen molar-refractivity contribution in [3.05, 3.63) is 125 Å². The number of halogens is 1. The molecule has 5 aromatic rings. The van der Waals surface area contributed by atoms with Gasteiger partial charge < -0.3 is 14.6 Å². The Balaban J connectivity index is 1.25. The van der Waals surface area contributed by atoms with E-state index in [9.17, 15) is 4.79 Å². The minimum atomic E-state index is -0.447. The van der Waals surface area contributed by atoms with E-state index in [1.807, 2.05) is 66.7 Å². The molecule has 0 bridgehead atoms. The van der Waals surface area contributed by atoms with Crippen molar-refractivity contribution >= 4 is 28.7 Å². The number of benzene rings is 4. The van der Waals surface area contributed by atoms with E-state index < -0.39 is 6.09 Å². The van der Waals surface area contributed by atoms with Crippen molar-refractivity contribution in [1.82, 2.24) is 14.9 Å². The monoisotopic (exact) mass is 535 g/mol. The van der Waals surface area contributed by atoms with Crippen LogP contribution in [0.1, 0.15) is 48.3 Å². The van der Waals surface area contributed by atoms with Crippen molar-refractivity contribution in [2.75, 3.05) is 6.61 Å². The minimum absolute atomic E-state index is 0.00746. The molecule has 1 amide bonds. The van der Waals surface area contributed by atoms with Gasteiger partial charge in [-0.3, -0.25) is 0 Å². The third-order valence-electron chi connectivity index (χ3n) is 7.48. The van der Waals surface area contributed by atoms with Crippen LogP contribution in [0.2, 0.25) is 5.02 Å². The van der Waals surface area contributed by atoms with E-state index >= 15 is 0 Å². The third-order valence-corrected chi connectivity index (χ3v) is 7.71. The Morgan fingerprint density at radius 3 is 2.28 bits per heavy atom. The number of carbonyl (C=O) groups excluding carboxylic acids is 1. The number of alkyl carbamates (subject to hydrolysis) is 1. The number of hydrogen-bond acceptors (Lipinski definition) is 3. The number of carbonyl (C=O) groups is 1. The largest absolute Gasteiger partial charge is 0.449 e. The van der Waals surface area contributed by atoms with Crippen molar-refractivity contribution in [3.8, 4) is 11.1 Å². The van der Waals surface area contributed by atoms with Crippen LogP contribution in [0.25, 0.3) is 22.2 Å². The number of imidazole rings is 1. The average molecular weight is 536 g/mol. The smallest absolute Gasteiger partial charge is 0.407 e. The molecule has 1 aliphatic carbocycles. The first-order chi connectivity index (χ1) is 19.0. The van der Waals surface area contributed by atoms with Gasteiger partial charge in [-0.2, -0.15) is 0 Å². The quantitative estimate of drug-likeness (QED) is 0.230. The Kier molecular flexibility index (Phi) is 6.84. The summed E-state index contributed by atoms with van der Waals surface area (Å²) in [6.45, 7) is 5.02. The number of ether oxygens (including phenoxy) is 1. The van der Waals surface area contributed by atoms with Crippen LogP contribution < -0.4 is 5.32 Å². The highest BCUT2D eigenvalue weighted by Crippen LogP contribution is 2.44. The summed E-state index contributed by atoms with van der Waals surface area (Å²) in [7, 11) is 0. The van der Waals surface area contributed by atoms with Crippen LogP contribution in [0.15, 0.2) is 97.1 Å². The Morgan fingerprint density at radius 2 is 1.59 bits per heavy atom. The summed E-state index contributed by atoms with van der Waals surface area (Å²) in [6, 6.07) is 32.2. The van der Waals surface area contributed by atoms with Gasteiger partial charge in [0.2, 0.25) is 0 Å². The van der Waals surface area contributed by atoms with Crippen LogP contribution >= 0.6 is 11.6 Å². The highest BCUT2D eigenvalue weighted by Gasteiger charge is 2.30. The summed E-state index contributed by atoms with van der Waals surface area (Å²) < 4.78 is 8.05. The molecule has 1 heterocycles. The fourth-order valence-corrected chi connectivity index (χ4v) is 5.82. The first kappa shape index (κ1) is 25.2. The Morgan fingerprint density at radius 1 is 0.923 bits per heavy atom. The zero-order valence-corrected chi connectivity index (χ0v) is 22.7. The zero-order valence-electron chi connectivity index (χ0n) is 22.0. The third kappa shape index (κ3) is 4.90. The molecule has 0 saturated heterocycles. The molecule has 0 fully saturated rings. The van der Waals surface area contributed by atoms with Gasteiger partial charge in [0.05, 0.1) is 17.1 Å². The van der Waals surface area contributed by atoms with E-state index in [1.165, 1.54) is 22.3 Å². The van der Waals surface area contributed by atoms with Gasteiger partial charge >= 0.3 is 6.09 Å². The molecule has 1 aromatic heterocycles. The second-order valence-electron chi connectivity index (χ2n) is 10.4. The van der Waals surface area contributed by atoms with E-state index in [0.717, 1.165) is 22.4 Å². The van der Waals surface area contributed by atoms with Gasteiger partial charge in [0, 0.05) is 17.5 Å². The van der Waals surface area contributed by atoms with Crippen LogP contribution in [0.3, 0.4) is 0 Å². The Labute approximate surface area is 233 Å². The van der Waals surface area contributed by atoms with Crippen LogP contribution in [-0.2, 0) is 11.3 Å². The summed E-state index contributed by atoms with van der Waals surface area (Å²) in [5.41, 5.74) is 7.75. The number of amides is 1. The lowest BCUT2D eigenvalue weighted by Crippen LogP contribution is -2.35. The first-order valence-corrected chi connectivity index (χ1v) is 13.7. The number of rotatable bonds is 7. The minimum Gasteiger partial charge on any atom is -0.449 e. The van der Waals surface area contributed by atoms with Crippen LogP contribution in [0.4, 0.5) is 4.79 Å². The number of fused-ring (bicyclic) bond motifs is 4. The summed E-state index contributed by atoms with van der Waals surface area (Å²) in [5.74, 6) is 0.883. The summed E-state index contributed by atoms with van der Waals surface area (Å²) in [6.07, 6.45) is -0.447. The molecule has 6 heteroatoms. The van der Waals surface area contributed by atoms with Crippen molar-refractivity contribution in [2.24, 2.45) is 5.92 Å². The number of aromatic nitrogens is 2. The topological polar surface area (TPSA) is 56.1 Å². The van der Waals surface area contributed by atoms with Crippen molar-refractivity contribution in [3.63, 3.8) is 0 Å². The van der Waals surface area contributed by atoms with Gasteiger partial charge in [-0.1, -0.05) is 98.2 Å². The highest BCUT2D eigenvalue weighted by molar-refractivity contribution is 6.30. The van der Waals surface area contributed by atoms with Crippen LogP contribution in [0.5, 0.6) is 0 Å². The highest BCUT2D eigenvalue weighted by atomic mass is 35.5. The molecule has 0 spiro atoms. The predicted octanol–water partition coefficient (Wildman–Crippen LogP) is 7.97. The van der Waals surface area contributed by atoms with Crippen LogP contribution in [0, 0.1) is 5.92 Å². The summed E-state index contributed by atoms with van der Waals surface area (Å²) in [5, 5.41) is 3.82. The van der Waals surface area contributed by atoms with Crippen molar-refractivity contribution in [2.45, 2.75) is 32.4 Å². The molecule has 1 aliphatic rings. The van der Waals surface area contributed by atoms with E-state index in [-0.39, 0.29) is 24.5 Å². The molecule has 0 aliphatic heterocycles. The fourth-order valence-electron chi connectivity index (χ4n) is 5.61. The average Bonchev–Trinajstić information content (AvgIpc) is 3.46. The van der Waals surface area contributed by atoms with Gasteiger partial charge in [0.1, 0.15) is 12.4 Å². The second-order valence-corrected chi connectivity index (χ2v) is 10.8. The number of para-hydroxylation sites is 2. The molecule has 1 atom stereocenters. The predicted molar refractivity (Wildman–Crippen MR) is 156 cm³/mol. The van der Waals surface area contributed by atoms with Gasteiger partial charge in [-0.25, -0.2) is 9.78 Å². The summed E-state index contributed by atoms with van der Waals surface area (Å²) in [4.78, 5) is 18.2. The first-order valence-electron chi connectivity index (χ1n) is 13.3. The van der Waals surface area contributed by atoms with Crippen molar-refractivity contribution < 1.29 is 9.53 Å². The molecule has 6 rings (SSSR count). The standard InChI is InChI=1S/C33H30ClN3O2/c1-21(2)31(32-35-29-16-7-8-17-30(29)37(32)19-22-10-9-11-23(34)18-22)36-33(38)39-20-28-26-14-5-3-12-24(26)25-13-4-6-15-27(25)28/h3-18,21,28,31H,19-20H2,1-2H3,(H,36,38). The maximum atomic E-state index is 13.3. The van der Waals surface area contributed by atoms with Crippen LogP contribution in [-0.4, -0.2) is 22.3 Å². The SMILES string of the molecule is CC(C)C(NC(=O)OCC1c2ccccc2-c2ccccc21)c1nc2ccccc2n1Cc1cccc(Cl)c1. The van der Waals surface area contributed by atoms with Gasteiger partial charge in [0.15, 0.2) is 0 Å². The molecule has 1 N–H and O–H groups in total. The Hall–Kier alpha value is -4.09. The maximum Gasteiger partial charge on any atom is 0.407 e. The molecule has 5 nitrogen and oxygen atoms in total. The number of nitrogens with zero attached hydrogens (tertiary/aromatic N) is 2. The van der Waals surface area contributed by atoms with E-state index in [4.69, 9.17) is 21.3 Å². The van der Waals surface area contributed by atoms with E-state index in [1.54, 1.807) is 0 Å². The lowest BCUT2D eigenvalue weighted by molar-refractivity contribution is 0.135. The molecular weight excluding hydrogens is 506 g/mol. The van der Waals surface area contributed by atoms with Gasteiger partial charge in [-0.05, 0) is 58.0 Å². The molecule has 196 valence electrons. The molecule has 0 saturated carbocycles. The van der Waals surface area contributed by atoms with E-state index in [0.29, 0.717) is 11.6 Å². The second kappa shape index (κ2) is 10.6. The normalized spacial score (nSPS) is 13.3. The lowest BCUT2D eigenvalue weighted by Gasteiger charge is -2.24. The lowest BCUT2D eigenvalue weighted by atomic mass is 9.98. The molecule has 1 unspecified atom stereocenters. The van der Waals surface area contributed by atoms with E-state index in [2.05, 4.69) is 54.1 Å². The number of hydrogen-bond donors (Lipinski definition) is 1.